The molecule has 2 atom stereocenters. The Hall–Kier alpha value is -3.16. The van der Waals surface area contributed by atoms with Crippen molar-refractivity contribution in [2.45, 2.75) is 31.4 Å². The molecule has 2 aromatic rings. The van der Waals surface area contributed by atoms with Crippen molar-refractivity contribution in [2.24, 2.45) is 0 Å². The van der Waals surface area contributed by atoms with Crippen molar-refractivity contribution in [2.75, 3.05) is 26.7 Å². The second-order valence-electron chi connectivity index (χ2n) is 7.52. The minimum atomic E-state index is -0.637. The molecule has 0 radical (unpaired) electrons. The van der Waals surface area contributed by atoms with Crippen molar-refractivity contribution in [3.63, 3.8) is 0 Å². The summed E-state index contributed by atoms with van der Waals surface area (Å²) in [6, 6.07) is 6.99. The number of carbonyl (C=O) groups is 2. The summed E-state index contributed by atoms with van der Waals surface area (Å²) < 4.78 is 25.1. The number of ether oxygens (including phenoxy) is 2. The van der Waals surface area contributed by atoms with Gasteiger partial charge in [0, 0.05) is 31.3 Å². The van der Waals surface area contributed by atoms with Gasteiger partial charge in [0.25, 0.3) is 5.91 Å². The van der Waals surface area contributed by atoms with E-state index in [0.717, 1.165) is 18.9 Å². The highest BCUT2D eigenvalue weighted by atomic mass is 19.1. The fourth-order valence-corrected chi connectivity index (χ4v) is 4.06. The maximum absolute atomic E-state index is 14.2. The topological polar surface area (TPSA) is 72.0 Å². The van der Waals surface area contributed by atoms with E-state index in [1.165, 1.54) is 24.1 Å². The first kappa shape index (κ1) is 20.1. The summed E-state index contributed by atoms with van der Waals surface area (Å²) in [6.45, 7) is 1.64. The molecule has 0 aliphatic carbocycles. The van der Waals surface area contributed by atoms with Crippen molar-refractivity contribution in [3.05, 3.63) is 54.1 Å². The van der Waals surface area contributed by atoms with Crippen LogP contribution in [0, 0.1) is 5.82 Å². The van der Waals surface area contributed by atoms with Crippen LogP contribution < -0.4 is 9.47 Å². The number of pyridine rings is 1. The average molecular weight is 413 g/mol. The third kappa shape index (κ3) is 4.08. The highest BCUT2D eigenvalue weighted by Crippen LogP contribution is 2.28. The van der Waals surface area contributed by atoms with Gasteiger partial charge in [-0.15, -0.1) is 0 Å². The molecule has 2 saturated heterocycles. The fraction of sp³-hybridized carbons (Fsp3) is 0.409. The van der Waals surface area contributed by atoms with E-state index in [1.54, 1.807) is 29.4 Å². The van der Waals surface area contributed by atoms with Crippen LogP contribution in [0.25, 0.3) is 0 Å². The number of hydrogen-bond donors (Lipinski definition) is 0. The first-order valence-corrected chi connectivity index (χ1v) is 10.1. The lowest BCUT2D eigenvalue weighted by atomic mass is 10.1. The Bertz CT molecular complexity index is 918. The smallest absolute Gasteiger partial charge is 0.254 e. The number of carbonyl (C=O) groups excluding carboxylic acids is 2. The zero-order valence-electron chi connectivity index (χ0n) is 16.8. The largest absolute Gasteiger partial charge is 0.494 e. The predicted molar refractivity (Wildman–Crippen MR) is 107 cm³/mol. The van der Waals surface area contributed by atoms with Gasteiger partial charge < -0.3 is 19.3 Å². The van der Waals surface area contributed by atoms with E-state index in [0.29, 0.717) is 25.3 Å². The number of nitrogens with zero attached hydrogens (tertiary/aromatic N) is 3. The molecule has 1 aromatic carbocycles. The Labute approximate surface area is 174 Å². The molecule has 8 heteroatoms. The van der Waals surface area contributed by atoms with Crippen LogP contribution in [-0.4, -0.2) is 65.5 Å². The molecular weight excluding hydrogens is 389 g/mol. The zero-order chi connectivity index (χ0) is 21.1. The molecule has 2 fully saturated rings. The Kier molecular flexibility index (Phi) is 5.83. The van der Waals surface area contributed by atoms with Gasteiger partial charge in [0.05, 0.1) is 19.9 Å². The molecule has 7 nitrogen and oxygen atoms in total. The highest BCUT2D eigenvalue weighted by molar-refractivity contribution is 5.98. The number of aromatic nitrogens is 1. The lowest BCUT2D eigenvalue weighted by Gasteiger charge is -2.27. The van der Waals surface area contributed by atoms with Gasteiger partial charge in [0.1, 0.15) is 17.9 Å². The molecule has 3 heterocycles. The molecule has 0 saturated carbocycles. The molecule has 158 valence electrons. The van der Waals surface area contributed by atoms with Gasteiger partial charge in [0.15, 0.2) is 11.6 Å². The van der Waals surface area contributed by atoms with Crippen molar-refractivity contribution < 1.29 is 23.5 Å². The van der Waals surface area contributed by atoms with Crippen molar-refractivity contribution in [3.8, 4) is 11.5 Å². The standard InChI is InChI=1S/C22H24FN3O4/c1-29-20-7-6-15(11-18(20)23)21(27)26-14-17(30-16-5-4-8-24-13-16)12-19(26)22(28)25-9-2-3-10-25/h4-8,11,13,17,19H,2-3,9-10,12,14H2,1H3/t17-,19-/m0/s1. The Morgan fingerprint density at radius 3 is 2.67 bits per heavy atom. The Morgan fingerprint density at radius 1 is 1.20 bits per heavy atom. The van der Waals surface area contributed by atoms with Crippen LogP contribution in [0.2, 0.25) is 0 Å². The summed E-state index contributed by atoms with van der Waals surface area (Å²) in [4.78, 5) is 33.7. The quantitative estimate of drug-likeness (QED) is 0.753. The summed E-state index contributed by atoms with van der Waals surface area (Å²) in [7, 11) is 1.37. The number of rotatable bonds is 5. The van der Waals surface area contributed by atoms with Crippen LogP contribution in [-0.2, 0) is 4.79 Å². The molecule has 2 aliphatic rings. The normalized spacial score (nSPS) is 21.0. The van der Waals surface area contributed by atoms with Crippen LogP contribution in [0.1, 0.15) is 29.6 Å². The minimum Gasteiger partial charge on any atom is -0.494 e. The SMILES string of the molecule is COc1ccc(C(=O)N2C[C@@H](Oc3cccnc3)C[C@H]2C(=O)N2CCCC2)cc1F. The molecule has 0 N–H and O–H groups in total. The number of hydrogen-bond acceptors (Lipinski definition) is 5. The molecule has 1 aromatic heterocycles. The van der Waals surface area contributed by atoms with E-state index in [2.05, 4.69) is 4.98 Å². The van der Waals surface area contributed by atoms with Gasteiger partial charge in [-0.3, -0.25) is 14.6 Å². The van der Waals surface area contributed by atoms with Gasteiger partial charge in [-0.25, -0.2) is 4.39 Å². The molecular formula is C22H24FN3O4. The van der Waals surface area contributed by atoms with Crippen molar-refractivity contribution in [1.29, 1.82) is 0 Å². The van der Waals surface area contributed by atoms with Crippen LogP contribution in [0.3, 0.4) is 0 Å². The number of benzene rings is 1. The number of methoxy groups -OCH3 is 1. The average Bonchev–Trinajstić information content (AvgIpc) is 3.44. The van der Waals surface area contributed by atoms with Gasteiger partial charge in [-0.05, 0) is 43.2 Å². The predicted octanol–water partition coefficient (Wildman–Crippen LogP) is 2.51. The fourth-order valence-electron chi connectivity index (χ4n) is 4.06. The number of likely N-dealkylation sites (tertiary alicyclic amines) is 2. The van der Waals surface area contributed by atoms with Crippen LogP contribution in [0.5, 0.6) is 11.5 Å². The zero-order valence-corrected chi connectivity index (χ0v) is 16.8. The lowest BCUT2D eigenvalue weighted by Crippen LogP contribution is -2.47. The first-order chi connectivity index (χ1) is 14.6. The second-order valence-corrected chi connectivity index (χ2v) is 7.52. The maximum atomic E-state index is 14.2. The Morgan fingerprint density at radius 2 is 2.00 bits per heavy atom. The molecule has 2 amide bonds. The Balaban J connectivity index is 1.57. The van der Waals surface area contributed by atoms with E-state index in [4.69, 9.17) is 9.47 Å². The third-order valence-electron chi connectivity index (χ3n) is 5.56. The van der Waals surface area contributed by atoms with Crippen molar-refractivity contribution >= 4 is 11.8 Å². The summed E-state index contributed by atoms with van der Waals surface area (Å²) >= 11 is 0. The van der Waals surface area contributed by atoms with E-state index >= 15 is 0 Å². The molecule has 4 rings (SSSR count). The van der Waals surface area contributed by atoms with Crippen LogP contribution in [0.4, 0.5) is 4.39 Å². The van der Waals surface area contributed by atoms with E-state index in [1.807, 2.05) is 0 Å². The summed E-state index contributed by atoms with van der Waals surface area (Å²) in [6.07, 6.45) is 5.21. The first-order valence-electron chi connectivity index (χ1n) is 10.1. The van der Waals surface area contributed by atoms with Crippen molar-refractivity contribution in [1.82, 2.24) is 14.8 Å². The summed E-state index contributed by atoms with van der Waals surface area (Å²) in [5, 5.41) is 0. The highest BCUT2D eigenvalue weighted by Gasteiger charge is 2.43. The van der Waals surface area contributed by atoms with Crippen LogP contribution in [0.15, 0.2) is 42.7 Å². The minimum absolute atomic E-state index is 0.0652. The third-order valence-corrected chi connectivity index (χ3v) is 5.56. The van der Waals surface area contributed by atoms with E-state index in [-0.39, 0.29) is 29.9 Å². The van der Waals surface area contributed by atoms with E-state index in [9.17, 15) is 14.0 Å². The number of amides is 2. The summed E-state index contributed by atoms with van der Waals surface area (Å²) in [5.41, 5.74) is 0.176. The number of halogens is 1. The van der Waals surface area contributed by atoms with Gasteiger partial charge in [0.2, 0.25) is 5.91 Å². The molecule has 0 spiro atoms. The maximum Gasteiger partial charge on any atom is 0.254 e. The second kappa shape index (κ2) is 8.69. The molecule has 0 bridgehead atoms. The van der Waals surface area contributed by atoms with Gasteiger partial charge in [-0.2, -0.15) is 0 Å². The molecule has 0 unspecified atom stereocenters. The lowest BCUT2D eigenvalue weighted by molar-refractivity contribution is -0.134. The van der Waals surface area contributed by atoms with Crippen LogP contribution >= 0.6 is 0 Å². The monoisotopic (exact) mass is 413 g/mol. The van der Waals surface area contributed by atoms with Gasteiger partial charge in [-0.1, -0.05) is 0 Å². The summed E-state index contributed by atoms with van der Waals surface area (Å²) in [5.74, 6) is -0.443. The molecule has 30 heavy (non-hydrogen) atoms. The van der Waals surface area contributed by atoms with E-state index < -0.39 is 17.8 Å². The molecule has 2 aliphatic heterocycles. The van der Waals surface area contributed by atoms with Gasteiger partial charge >= 0.3 is 0 Å².